The normalized spacial score (nSPS) is 16.2. The molecule has 0 nitrogen and oxygen atoms in total. The van der Waals surface area contributed by atoms with Crippen molar-refractivity contribution >= 4 is 61.9 Å². The third-order valence-corrected chi connectivity index (χ3v) is 55.8. The second-order valence-electron chi connectivity index (χ2n) is 14.3. The summed E-state index contributed by atoms with van der Waals surface area (Å²) in [5.74, 6) is 0. The average Bonchev–Trinajstić information content (AvgIpc) is 2.15. The van der Waals surface area contributed by atoms with Gasteiger partial charge in [-0.05, 0) is 8.65 Å². The maximum absolute atomic E-state index is 2.92. The molecule has 0 aliphatic rings. The van der Waals surface area contributed by atoms with Gasteiger partial charge in [-0.3, -0.25) is 0 Å². The van der Waals surface area contributed by atoms with Crippen LogP contribution in [0.1, 0.15) is 0 Å². The van der Waals surface area contributed by atoms with Crippen molar-refractivity contribution < 1.29 is 0 Å². The highest BCUT2D eigenvalue weighted by Gasteiger charge is 2.58. The van der Waals surface area contributed by atoms with Gasteiger partial charge >= 0.3 is 0 Å². The van der Waals surface area contributed by atoms with Crippen LogP contribution in [-0.4, -0.2) is 61.9 Å². The molecular formula is C19H51Si7. The Morgan fingerprint density at radius 2 is 0.692 bits per heavy atom. The standard InChI is InChI=1S/C19H51Si7/c1-21(2,3)17-20-26(16,18(22(4,5)6)23(7,8)9)19(24(10,11)12)25(13,14)15/h17-19H,1-16H3. The molecule has 0 heterocycles. The van der Waals surface area contributed by atoms with Crippen LogP contribution in [0.3, 0.4) is 0 Å². The molecule has 0 N–H and O–H groups in total. The third kappa shape index (κ3) is 7.66. The molecule has 0 aromatic carbocycles. The molecule has 0 atom stereocenters. The van der Waals surface area contributed by atoms with Gasteiger partial charge in [0.15, 0.2) is 0 Å². The van der Waals surface area contributed by atoms with Crippen molar-refractivity contribution in [3.05, 3.63) is 0 Å². The molecular weight excluding hydrogens is 425 g/mol. The Morgan fingerprint density at radius 3 is 0.846 bits per heavy atom. The Labute approximate surface area is 175 Å². The lowest BCUT2D eigenvalue weighted by molar-refractivity contribution is 1.28. The van der Waals surface area contributed by atoms with Crippen LogP contribution in [0.4, 0.5) is 0 Å². The Bertz CT molecular complexity index is 430. The van der Waals surface area contributed by atoms with Gasteiger partial charge in [0.2, 0.25) is 0 Å². The molecule has 0 fully saturated rings. The van der Waals surface area contributed by atoms with Gasteiger partial charge in [0.1, 0.15) is 0 Å². The Balaban J connectivity index is 6.97. The summed E-state index contributed by atoms with van der Waals surface area (Å²) < 4.78 is 0. The molecule has 0 aliphatic heterocycles. The number of rotatable bonds is 8. The summed E-state index contributed by atoms with van der Waals surface area (Å²) in [5, 5.41) is 2.92. The van der Waals surface area contributed by atoms with Crippen molar-refractivity contribution in [2.45, 2.75) is 114 Å². The zero-order valence-electron chi connectivity index (χ0n) is 21.2. The van der Waals surface area contributed by atoms with Crippen LogP contribution in [0, 0.1) is 0 Å². The first-order chi connectivity index (χ1) is 10.9. The van der Waals surface area contributed by atoms with Crippen molar-refractivity contribution in [3.63, 3.8) is 0 Å². The van der Waals surface area contributed by atoms with Gasteiger partial charge in [-0.1, -0.05) is 114 Å². The van der Waals surface area contributed by atoms with Crippen molar-refractivity contribution in [2.75, 3.05) is 0 Å². The zero-order valence-corrected chi connectivity index (χ0v) is 28.2. The van der Waals surface area contributed by atoms with E-state index in [9.17, 15) is 0 Å². The molecule has 0 amide bonds. The second-order valence-corrected chi connectivity index (χ2v) is 53.0. The molecule has 26 heavy (non-hydrogen) atoms. The van der Waals surface area contributed by atoms with Crippen LogP contribution >= 0.6 is 0 Å². The van der Waals surface area contributed by atoms with Crippen molar-refractivity contribution in [3.8, 4) is 0 Å². The quantitative estimate of drug-likeness (QED) is 0.325. The molecule has 1 radical (unpaired) electrons. The van der Waals surface area contributed by atoms with E-state index in [0.29, 0.717) is 0 Å². The monoisotopic (exact) mass is 475 g/mol. The highest BCUT2D eigenvalue weighted by Crippen LogP contribution is 2.50. The second kappa shape index (κ2) is 8.26. The highest BCUT2D eigenvalue weighted by molar-refractivity contribution is 7.44. The summed E-state index contributed by atoms with van der Waals surface area (Å²) in [7, 11) is -6.14. The SMILES string of the molecule is C[Si](C)(C)C=[Si][Si](C)(C([Si](C)(C)C)[Si](C)(C)C)C([Si](C)(C)C)[Si](C)(C)C. The van der Waals surface area contributed by atoms with Crippen LogP contribution in [0.15, 0.2) is 0 Å². The fourth-order valence-electron chi connectivity index (χ4n) is 6.90. The molecule has 0 saturated heterocycles. The smallest absolute Gasteiger partial charge is 0.0634 e. The van der Waals surface area contributed by atoms with E-state index in [2.05, 4.69) is 110 Å². The lowest BCUT2D eigenvalue weighted by Gasteiger charge is -2.57. The van der Waals surface area contributed by atoms with Crippen LogP contribution in [-0.2, 0) is 0 Å². The molecule has 0 rings (SSSR count). The molecule has 0 aromatic heterocycles. The minimum atomic E-state index is -1.41. The van der Waals surface area contributed by atoms with Gasteiger partial charge in [0.25, 0.3) is 0 Å². The van der Waals surface area contributed by atoms with E-state index in [1.165, 1.54) is 8.65 Å². The topological polar surface area (TPSA) is 0 Å². The van der Waals surface area contributed by atoms with Gasteiger partial charge in [-0.2, -0.15) is 0 Å². The summed E-state index contributed by atoms with van der Waals surface area (Å²) in [6, 6.07) is 0. The highest BCUT2D eigenvalue weighted by atomic mass is 29.2. The summed E-state index contributed by atoms with van der Waals surface area (Å²) >= 11 is 0. The van der Waals surface area contributed by atoms with Gasteiger partial charge in [0, 0.05) is 32.3 Å². The fourth-order valence-corrected chi connectivity index (χ4v) is 90.4. The number of hydrogen-bond acceptors (Lipinski definition) is 0. The fraction of sp³-hybridized carbons (Fsp3) is 0.947. The van der Waals surface area contributed by atoms with E-state index >= 15 is 0 Å². The van der Waals surface area contributed by atoms with Crippen LogP contribution < -0.4 is 0 Å². The molecule has 155 valence electrons. The summed E-state index contributed by atoms with van der Waals surface area (Å²) in [5.41, 5.74) is 0. The molecule has 0 unspecified atom stereocenters. The molecule has 0 aromatic rings. The van der Waals surface area contributed by atoms with Gasteiger partial charge in [-0.15, -0.1) is 5.30 Å². The van der Waals surface area contributed by atoms with Gasteiger partial charge in [-0.25, -0.2) is 0 Å². The minimum absolute atomic E-state index is 1.11. The van der Waals surface area contributed by atoms with Crippen LogP contribution in [0.25, 0.3) is 0 Å². The van der Waals surface area contributed by atoms with Gasteiger partial charge < -0.3 is 0 Å². The maximum Gasteiger partial charge on any atom is 0.0634 e. The first-order valence-corrected chi connectivity index (χ1v) is 33.2. The van der Waals surface area contributed by atoms with E-state index in [4.69, 9.17) is 0 Å². The largest absolute Gasteiger partial charge is 0.116 e. The molecule has 0 spiro atoms. The summed E-state index contributed by atoms with van der Waals surface area (Å²) in [6.45, 7) is 43.2. The molecule has 7 heteroatoms. The predicted octanol–water partition coefficient (Wildman–Crippen LogP) is 7.20. The first-order valence-electron chi connectivity index (χ1n) is 10.6. The van der Waals surface area contributed by atoms with E-state index < -0.39 is 48.0 Å². The van der Waals surface area contributed by atoms with E-state index in [1.54, 1.807) is 0 Å². The lowest BCUT2D eigenvalue weighted by atomic mass is 11.6. The molecule has 0 bridgehead atoms. The van der Waals surface area contributed by atoms with E-state index in [1.807, 2.05) is 0 Å². The van der Waals surface area contributed by atoms with Crippen molar-refractivity contribution in [1.82, 2.24) is 0 Å². The Kier molecular flexibility index (Phi) is 8.70. The first kappa shape index (κ1) is 27.4. The maximum atomic E-state index is 2.92. The molecule has 0 aliphatic carbocycles. The van der Waals surface area contributed by atoms with E-state index in [0.717, 1.165) is 9.58 Å². The minimum Gasteiger partial charge on any atom is -0.116 e. The number of hydrogen-bond donors (Lipinski definition) is 0. The van der Waals surface area contributed by atoms with Crippen LogP contribution in [0.2, 0.25) is 114 Å². The van der Waals surface area contributed by atoms with Crippen molar-refractivity contribution in [1.29, 1.82) is 0 Å². The van der Waals surface area contributed by atoms with E-state index in [-0.39, 0.29) is 0 Å². The Hall–Kier alpha value is 1.39. The summed E-state index contributed by atoms with van der Waals surface area (Å²) in [6.07, 6.45) is 0. The third-order valence-electron chi connectivity index (χ3n) is 5.48. The van der Waals surface area contributed by atoms with Crippen LogP contribution in [0.5, 0.6) is 0 Å². The van der Waals surface area contributed by atoms with Gasteiger partial charge in [0.05, 0.1) is 15.7 Å². The predicted molar refractivity (Wildman–Crippen MR) is 148 cm³/mol. The summed E-state index contributed by atoms with van der Waals surface area (Å²) in [4.78, 5) is 2.27. The average molecular weight is 476 g/mol. The lowest BCUT2D eigenvalue weighted by Crippen LogP contribution is -2.69. The van der Waals surface area contributed by atoms with Crippen molar-refractivity contribution in [2.24, 2.45) is 0 Å². The Morgan fingerprint density at radius 1 is 0.462 bits per heavy atom. The zero-order chi connectivity index (χ0) is 21.6. The molecule has 0 saturated carbocycles.